The quantitative estimate of drug-likeness (QED) is 0.847. The molecule has 2 heterocycles. The van der Waals surface area contributed by atoms with Crippen LogP contribution in [0, 0.1) is 13.8 Å². The van der Waals surface area contributed by atoms with Gasteiger partial charge in [0.15, 0.2) is 5.82 Å². The topological polar surface area (TPSA) is 73.8 Å². The lowest BCUT2D eigenvalue weighted by atomic mass is 10.2. The predicted octanol–water partition coefficient (Wildman–Crippen LogP) is 1.79. The van der Waals surface area contributed by atoms with E-state index in [0.717, 1.165) is 47.4 Å². The van der Waals surface area contributed by atoms with Crippen LogP contribution >= 0.6 is 0 Å². The van der Waals surface area contributed by atoms with E-state index in [1.807, 2.05) is 20.2 Å². The number of nitrogens with two attached hydrogens (primary N) is 1. The first-order chi connectivity index (χ1) is 9.00. The molecular formula is C13H20N4OS. The first kappa shape index (κ1) is 14.0. The summed E-state index contributed by atoms with van der Waals surface area (Å²) in [6.07, 6.45) is 5.51. The lowest BCUT2D eigenvalue weighted by Gasteiger charge is -2.08. The molecule has 104 valence electrons. The molecule has 1 unspecified atom stereocenters. The van der Waals surface area contributed by atoms with Crippen molar-refractivity contribution in [3.63, 3.8) is 0 Å². The number of hydrogen-bond acceptors (Lipinski definition) is 4. The van der Waals surface area contributed by atoms with Gasteiger partial charge in [-0.05, 0) is 32.3 Å². The predicted molar refractivity (Wildman–Crippen MR) is 79.6 cm³/mol. The molecule has 6 heteroatoms. The Kier molecular flexibility index (Phi) is 4.19. The van der Waals surface area contributed by atoms with Crippen molar-refractivity contribution in [1.82, 2.24) is 14.5 Å². The van der Waals surface area contributed by atoms with Crippen molar-refractivity contribution in [2.45, 2.75) is 33.2 Å². The molecule has 0 aliphatic heterocycles. The van der Waals surface area contributed by atoms with Crippen molar-refractivity contribution in [2.24, 2.45) is 0 Å². The fourth-order valence-electron chi connectivity index (χ4n) is 2.21. The minimum Gasteiger partial charge on any atom is -0.382 e. The van der Waals surface area contributed by atoms with Crippen molar-refractivity contribution in [3.8, 4) is 0 Å². The van der Waals surface area contributed by atoms with Gasteiger partial charge in [0.2, 0.25) is 0 Å². The van der Waals surface area contributed by atoms with Gasteiger partial charge in [-0.15, -0.1) is 0 Å². The molecule has 19 heavy (non-hydrogen) atoms. The Morgan fingerprint density at radius 3 is 2.79 bits per heavy atom. The number of nitrogens with zero attached hydrogens (tertiary/aromatic N) is 3. The third-order valence-electron chi connectivity index (χ3n) is 3.35. The summed E-state index contributed by atoms with van der Waals surface area (Å²) < 4.78 is 13.1. The number of aromatic nitrogens is 3. The van der Waals surface area contributed by atoms with Crippen molar-refractivity contribution in [2.75, 3.05) is 17.7 Å². The van der Waals surface area contributed by atoms with Gasteiger partial charge in [-0.3, -0.25) is 4.21 Å². The Bertz CT molecular complexity index is 621. The maximum absolute atomic E-state index is 11.0. The van der Waals surface area contributed by atoms with Crippen LogP contribution in [0.3, 0.4) is 0 Å². The van der Waals surface area contributed by atoms with Crippen LogP contribution in [0.1, 0.15) is 24.1 Å². The fourth-order valence-corrected chi connectivity index (χ4v) is 2.82. The van der Waals surface area contributed by atoms with Gasteiger partial charge >= 0.3 is 0 Å². The van der Waals surface area contributed by atoms with Gasteiger partial charge in [-0.1, -0.05) is 0 Å². The van der Waals surface area contributed by atoms with Crippen molar-refractivity contribution >= 4 is 27.7 Å². The van der Waals surface area contributed by atoms with E-state index in [1.54, 1.807) is 6.26 Å². The number of anilines is 1. The molecule has 0 bridgehead atoms. The van der Waals surface area contributed by atoms with Gasteiger partial charge in [-0.2, -0.15) is 0 Å². The summed E-state index contributed by atoms with van der Waals surface area (Å²) in [6.45, 7) is 4.88. The van der Waals surface area contributed by atoms with Crippen LogP contribution in [-0.2, 0) is 17.3 Å². The number of imidazole rings is 1. The minimum atomic E-state index is -0.708. The number of hydrogen-bond donors (Lipinski definition) is 1. The lowest BCUT2D eigenvalue weighted by Crippen LogP contribution is -2.03. The lowest BCUT2D eigenvalue weighted by molar-refractivity contribution is 0.639. The standard InChI is InChI=1S/C13H20N4OS/c1-9-10(2)16-13(14)11-12(9)17(8-15-11)6-4-5-7-19(3)18/h8H,4-7H2,1-3H3,(H2,14,16). The molecule has 0 radical (unpaired) electrons. The highest BCUT2D eigenvalue weighted by Gasteiger charge is 2.12. The zero-order valence-corrected chi connectivity index (χ0v) is 12.5. The maximum Gasteiger partial charge on any atom is 0.151 e. The molecule has 0 saturated heterocycles. The molecule has 2 aromatic heterocycles. The first-order valence-electron chi connectivity index (χ1n) is 6.38. The second-order valence-electron chi connectivity index (χ2n) is 4.83. The van der Waals surface area contributed by atoms with Crippen LogP contribution in [0.15, 0.2) is 6.33 Å². The number of pyridine rings is 1. The van der Waals surface area contributed by atoms with E-state index in [2.05, 4.69) is 14.5 Å². The zero-order chi connectivity index (χ0) is 14.0. The van der Waals surface area contributed by atoms with E-state index in [9.17, 15) is 4.21 Å². The maximum atomic E-state index is 11.0. The SMILES string of the molecule is Cc1nc(N)c2ncn(CCCCS(C)=O)c2c1C. The van der Waals surface area contributed by atoms with Crippen LogP contribution in [0.5, 0.6) is 0 Å². The molecule has 0 saturated carbocycles. The van der Waals surface area contributed by atoms with Gasteiger partial charge in [0.1, 0.15) is 5.52 Å². The third-order valence-corrected chi connectivity index (χ3v) is 4.21. The van der Waals surface area contributed by atoms with Crippen molar-refractivity contribution < 1.29 is 4.21 Å². The van der Waals surface area contributed by atoms with Crippen LogP contribution in [0.4, 0.5) is 5.82 Å². The Balaban J connectivity index is 2.22. The van der Waals surface area contributed by atoms with E-state index < -0.39 is 10.8 Å². The Morgan fingerprint density at radius 2 is 2.11 bits per heavy atom. The Morgan fingerprint density at radius 1 is 1.37 bits per heavy atom. The molecule has 2 rings (SSSR count). The van der Waals surface area contributed by atoms with E-state index in [4.69, 9.17) is 5.73 Å². The monoisotopic (exact) mass is 280 g/mol. The molecular weight excluding hydrogens is 260 g/mol. The molecule has 0 aromatic carbocycles. The number of fused-ring (bicyclic) bond motifs is 1. The van der Waals surface area contributed by atoms with Gasteiger partial charge in [0.25, 0.3) is 0 Å². The van der Waals surface area contributed by atoms with Gasteiger partial charge < -0.3 is 10.3 Å². The van der Waals surface area contributed by atoms with Crippen LogP contribution in [0.25, 0.3) is 11.0 Å². The Labute approximate surface area is 115 Å². The summed E-state index contributed by atoms with van der Waals surface area (Å²) in [5, 5.41) is 0. The van der Waals surface area contributed by atoms with Gasteiger partial charge in [0.05, 0.1) is 11.8 Å². The summed E-state index contributed by atoms with van der Waals surface area (Å²) in [6, 6.07) is 0. The average Bonchev–Trinajstić information content (AvgIpc) is 2.76. The normalized spacial score (nSPS) is 13.0. The van der Waals surface area contributed by atoms with E-state index in [1.165, 1.54) is 0 Å². The number of aryl methyl sites for hydroxylation is 3. The van der Waals surface area contributed by atoms with Crippen LogP contribution in [0.2, 0.25) is 0 Å². The molecule has 0 aliphatic carbocycles. The summed E-state index contributed by atoms with van der Waals surface area (Å²) in [5.74, 6) is 1.25. The summed E-state index contributed by atoms with van der Waals surface area (Å²) >= 11 is 0. The number of unbranched alkanes of at least 4 members (excludes halogenated alkanes) is 1. The first-order valence-corrected chi connectivity index (χ1v) is 8.11. The molecule has 2 aromatic rings. The summed E-state index contributed by atoms with van der Waals surface area (Å²) in [4.78, 5) is 8.65. The second-order valence-corrected chi connectivity index (χ2v) is 6.38. The molecule has 2 N–H and O–H groups in total. The highest BCUT2D eigenvalue weighted by Crippen LogP contribution is 2.23. The highest BCUT2D eigenvalue weighted by atomic mass is 32.2. The molecule has 0 amide bonds. The average molecular weight is 280 g/mol. The summed E-state index contributed by atoms with van der Waals surface area (Å²) in [7, 11) is -0.708. The largest absolute Gasteiger partial charge is 0.382 e. The van der Waals surface area contributed by atoms with Gasteiger partial charge in [0, 0.05) is 35.0 Å². The number of rotatable bonds is 5. The Hall–Kier alpha value is -1.43. The molecule has 1 atom stereocenters. The second kappa shape index (κ2) is 5.69. The van der Waals surface area contributed by atoms with Crippen LogP contribution < -0.4 is 5.73 Å². The third kappa shape index (κ3) is 2.94. The molecule has 0 spiro atoms. The zero-order valence-electron chi connectivity index (χ0n) is 11.6. The molecule has 5 nitrogen and oxygen atoms in total. The van der Waals surface area contributed by atoms with Crippen LogP contribution in [-0.4, -0.2) is 30.8 Å². The smallest absolute Gasteiger partial charge is 0.151 e. The molecule has 0 aliphatic rings. The fraction of sp³-hybridized carbons (Fsp3) is 0.538. The van der Waals surface area contributed by atoms with E-state index in [-0.39, 0.29) is 0 Å². The minimum absolute atomic E-state index is 0.492. The molecule has 0 fully saturated rings. The van der Waals surface area contributed by atoms with E-state index >= 15 is 0 Å². The summed E-state index contributed by atoms with van der Waals surface area (Å²) in [5.41, 5.74) is 9.83. The highest BCUT2D eigenvalue weighted by molar-refractivity contribution is 7.84. The van der Waals surface area contributed by atoms with Crippen molar-refractivity contribution in [3.05, 3.63) is 17.6 Å². The number of nitrogen functional groups attached to an aromatic ring is 1. The van der Waals surface area contributed by atoms with E-state index in [0.29, 0.717) is 5.82 Å². The van der Waals surface area contributed by atoms with Gasteiger partial charge in [-0.25, -0.2) is 9.97 Å². The van der Waals surface area contributed by atoms with Crippen molar-refractivity contribution in [1.29, 1.82) is 0 Å².